The lowest BCUT2D eigenvalue weighted by atomic mass is 10.2. The predicted molar refractivity (Wildman–Crippen MR) is 30.5 cm³/mol. The van der Waals surface area contributed by atoms with Crippen LogP contribution in [0.5, 0.6) is 0 Å². The first-order chi connectivity index (χ1) is 3.50. The van der Waals surface area contributed by atoms with Gasteiger partial charge in [0.05, 0.1) is 0 Å². The summed E-state index contributed by atoms with van der Waals surface area (Å²) in [5, 5.41) is 3.19. The Morgan fingerprint density at radius 3 is 3.43 bits per heavy atom. The average molecular weight is 97.2 g/mol. The Morgan fingerprint density at radius 2 is 2.43 bits per heavy atom. The molecule has 1 saturated heterocycles. The lowest BCUT2D eigenvalue weighted by molar-refractivity contribution is 0.756. The van der Waals surface area contributed by atoms with Crippen molar-refractivity contribution in [2.45, 2.75) is 19.3 Å². The van der Waals surface area contributed by atoms with Gasteiger partial charge in [-0.15, -0.1) is 0 Å². The smallest absolute Gasteiger partial charge is 0.0224 e. The summed E-state index contributed by atoms with van der Waals surface area (Å²) in [6.45, 7) is 3.28. The molecular formula is C6H11N. The van der Waals surface area contributed by atoms with Crippen molar-refractivity contribution in [3.8, 4) is 0 Å². The maximum absolute atomic E-state index is 3.19. The molecule has 0 aromatic carbocycles. The van der Waals surface area contributed by atoms with Crippen molar-refractivity contribution in [1.29, 1.82) is 0 Å². The first kappa shape index (κ1) is 5.10. The van der Waals surface area contributed by atoms with Gasteiger partial charge >= 0.3 is 0 Å². The molecule has 0 atom stereocenters. The van der Waals surface area contributed by atoms with Gasteiger partial charge in [0.15, 0.2) is 0 Å². The summed E-state index contributed by atoms with van der Waals surface area (Å²) in [6.07, 6.45) is 6.03. The first-order valence-corrected chi connectivity index (χ1v) is 2.87. The van der Waals surface area contributed by atoms with Gasteiger partial charge in [-0.3, -0.25) is 0 Å². The third kappa shape index (κ3) is 1.93. The molecule has 1 rings (SSSR count). The highest BCUT2D eigenvalue weighted by atomic mass is 14.8. The molecule has 40 valence electrons. The van der Waals surface area contributed by atoms with Crippen molar-refractivity contribution < 1.29 is 0 Å². The fourth-order valence-corrected chi connectivity index (χ4v) is 0.735. The Bertz CT molecular complexity index is 23.8. The van der Waals surface area contributed by atoms with E-state index in [9.17, 15) is 0 Å². The van der Waals surface area contributed by atoms with Gasteiger partial charge in [0.1, 0.15) is 0 Å². The van der Waals surface area contributed by atoms with Gasteiger partial charge in [0.2, 0.25) is 0 Å². The Morgan fingerprint density at radius 1 is 1.43 bits per heavy atom. The Balaban J connectivity index is 2.04. The Labute approximate surface area is 45.1 Å². The van der Waals surface area contributed by atoms with E-state index in [0.29, 0.717) is 0 Å². The van der Waals surface area contributed by atoms with E-state index >= 15 is 0 Å². The SMILES string of the molecule is [CH]1C[CH]NCCC1. The van der Waals surface area contributed by atoms with Gasteiger partial charge < -0.3 is 5.32 Å². The molecule has 1 fully saturated rings. The lowest BCUT2D eigenvalue weighted by Crippen LogP contribution is -2.07. The molecule has 1 heteroatoms. The van der Waals surface area contributed by atoms with Crippen molar-refractivity contribution in [2.24, 2.45) is 0 Å². The summed E-state index contributed by atoms with van der Waals surface area (Å²) in [7, 11) is 0. The molecule has 1 aliphatic rings. The number of nitrogens with one attached hydrogen (secondary N) is 1. The van der Waals surface area contributed by atoms with E-state index in [1.54, 1.807) is 0 Å². The molecule has 1 nitrogen and oxygen atoms in total. The van der Waals surface area contributed by atoms with E-state index in [0.717, 1.165) is 13.0 Å². The van der Waals surface area contributed by atoms with Gasteiger partial charge in [0, 0.05) is 6.54 Å². The van der Waals surface area contributed by atoms with Crippen LogP contribution >= 0.6 is 0 Å². The van der Waals surface area contributed by atoms with E-state index in [4.69, 9.17) is 0 Å². The predicted octanol–water partition coefficient (Wildman–Crippen LogP) is 1.13. The van der Waals surface area contributed by atoms with E-state index in [-0.39, 0.29) is 0 Å². The van der Waals surface area contributed by atoms with Gasteiger partial charge in [-0.1, -0.05) is 0 Å². The fourth-order valence-electron chi connectivity index (χ4n) is 0.735. The van der Waals surface area contributed by atoms with Crippen molar-refractivity contribution in [3.05, 3.63) is 13.0 Å². The standard InChI is InChI=1S/C6H11N/c1-2-4-6-7-5-3-1/h1,5,7H,2-4,6H2. The Hall–Kier alpha value is -0.0400. The van der Waals surface area contributed by atoms with Gasteiger partial charge in [0.25, 0.3) is 0 Å². The number of hydrogen-bond donors (Lipinski definition) is 1. The van der Waals surface area contributed by atoms with Crippen LogP contribution in [-0.2, 0) is 0 Å². The van der Waals surface area contributed by atoms with Crippen molar-refractivity contribution in [1.82, 2.24) is 5.32 Å². The molecule has 0 bridgehead atoms. The normalized spacial score (nSPS) is 24.0. The molecule has 1 heterocycles. The maximum atomic E-state index is 3.19. The molecule has 7 heavy (non-hydrogen) atoms. The van der Waals surface area contributed by atoms with Crippen LogP contribution in [0, 0.1) is 13.0 Å². The summed E-state index contributed by atoms with van der Waals surface area (Å²) >= 11 is 0. The van der Waals surface area contributed by atoms with Gasteiger partial charge in [-0.2, -0.15) is 0 Å². The van der Waals surface area contributed by atoms with Crippen LogP contribution in [-0.4, -0.2) is 6.54 Å². The molecule has 0 spiro atoms. The highest BCUT2D eigenvalue weighted by Gasteiger charge is 1.94. The van der Waals surface area contributed by atoms with E-state index in [1.165, 1.54) is 12.8 Å². The van der Waals surface area contributed by atoms with Gasteiger partial charge in [-0.05, 0) is 32.2 Å². The highest BCUT2D eigenvalue weighted by Crippen LogP contribution is 2.02. The minimum atomic E-state index is 1.14. The number of hydrogen-bond acceptors (Lipinski definition) is 1. The molecule has 0 aliphatic carbocycles. The third-order valence-corrected chi connectivity index (χ3v) is 1.16. The molecule has 0 saturated carbocycles. The van der Waals surface area contributed by atoms with Crippen LogP contribution in [0.2, 0.25) is 0 Å². The summed E-state index contributed by atoms with van der Waals surface area (Å²) in [6, 6.07) is 0. The second kappa shape index (κ2) is 3.03. The topological polar surface area (TPSA) is 12.0 Å². The van der Waals surface area contributed by atoms with E-state index in [2.05, 4.69) is 18.3 Å². The van der Waals surface area contributed by atoms with Crippen LogP contribution in [0.15, 0.2) is 0 Å². The van der Waals surface area contributed by atoms with Crippen molar-refractivity contribution >= 4 is 0 Å². The minimum absolute atomic E-state index is 1.14. The summed E-state index contributed by atoms with van der Waals surface area (Å²) in [5.74, 6) is 0. The monoisotopic (exact) mass is 97.1 g/mol. The molecule has 0 unspecified atom stereocenters. The highest BCUT2D eigenvalue weighted by molar-refractivity contribution is 4.78. The molecule has 1 N–H and O–H groups in total. The lowest BCUT2D eigenvalue weighted by Gasteiger charge is -1.90. The van der Waals surface area contributed by atoms with Crippen molar-refractivity contribution in [2.75, 3.05) is 6.54 Å². The summed E-state index contributed by atoms with van der Waals surface area (Å²) < 4.78 is 0. The zero-order chi connectivity index (χ0) is 4.95. The van der Waals surface area contributed by atoms with Crippen LogP contribution < -0.4 is 5.32 Å². The third-order valence-electron chi connectivity index (χ3n) is 1.16. The molecule has 0 amide bonds. The van der Waals surface area contributed by atoms with Crippen LogP contribution in [0.4, 0.5) is 0 Å². The molecule has 1 aliphatic heterocycles. The van der Waals surface area contributed by atoms with Crippen molar-refractivity contribution in [3.63, 3.8) is 0 Å². The average Bonchev–Trinajstić information content (AvgIpc) is 1.90. The molecular weight excluding hydrogens is 86.1 g/mol. The van der Waals surface area contributed by atoms with Crippen LogP contribution in [0.1, 0.15) is 19.3 Å². The van der Waals surface area contributed by atoms with E-state index < -0.39 is 0 Å². The largest absolute Gasteiger partial charge is 0.312 e. The fraction of sp³-hybridized carbons (Fsp3) is 0.667. The van der Waals surface area contributed by atoms with Gasteiger partial charge in [-0.25, -0.2) is 0 Å². The Kier molecular flexibility index (Phi) is 2.21. The molecule has 2 radical (unpaired) electrons. The maximum Gasteiger partial charge on any atom is 0.0224 e. The second-order valence-corrected chi connectivity index (χ2v) is 1.82. The van der Waals surface area contributed by atoms with E-state index in [1.807, 2.05) is 0 Å². The summed E-state index contributed by atoms with van der Waals surface area (Å²) in [4.78, 5) is 0. The zero-order valence-corrected chi connectivity index (χ0v) is 4.48. The first-order valence-electron chi connectivity index (χ1n) is 2.87. The van der Waals surface area contributed by atoms with Crippen LogP contribution in [0.3, 0.4) is 0 Å². The zero-order valence-electron chi connectivity index (χ0n) is 4.48. The molecule has 0 aromatic heterocycles. The minimum Gasteiger partial charge on any atom is -0.312 e. The number of rotatable bonds is 0. The van der Waals surface area contributed by atoms with Crippen LogP contribution in [0.25, 0.3) is 0 Å². The summed E-state index contributed by atoms with van der Waals surface area (Å²) in [5.41, 5.74) is 0. The second-order valence-electron chi connectivity index (χ2n) is 1.82. The quantitative estimate of drug-likeness (QED) is 0.477. The molecule has 0 aromatic rings.